The van der Waals surface area contributed by atoms with Crippen molar-refractivity contribution in [3.8, 4) is 5.75 Å². The van der Waals surface area contributed by atoms with E-state index in [1.807, 2.05) is 37.4 Å². The summed E-state index contributed by atoms with van der Waals surface area (Å²) in [5.41, 5.74) is 1.77. The molecule has 6 nitrogen and oxygen atoms in total. The van der Waals surface area contributed by atoms with Gasteiger partial charge in [-0.15, -0.1) is 0 Å². The van der Waals surface area contributed by atoms with Crippen LogP contribution in [0.1, 0.15) is 19.0 Å². The van der Waals surface area contributed by atoms with Gasteiger partial charge in [-0.25, -0.2) is 4.98 Å². The van der Waals surface area contributed by atoms with Crippen LogP contribution >= 0.6 is 11.8 Å². The molecule has 0 saturated heterocycles. The van der Waals surface area contributed by atoms with Gasteiger partial charge < -0.3 is 19.9 Å². The number of benzene rings is 1. The summed E-state index contributed by atoms with van der Waals surface area (Å²) in [7, 11) is 1.63. The zero-order chi connectivity index (χ0) is 16.9. The number of nitrogens with zero attached hydrogens (tertiary/aromatic N) is 2. The lowest BCUT2D eigenvalue weighted by atomic mass is 10.2. The Kier molecular flexibility index (Phi) is 5.30. The van der Waals surface area contributed by atoms with Crippen LogP contribution in [-0.2, 0) is 17.9 Å². The maximum Gasteiger partial charge on any atom is 0.242 e. The van der Waals surface area contributed by atoms with Crippen molar-refractivity contribution in [2.45, 2.75) is 37.6 Å². The van der Waals surface area contributed by atoms with Crippen LogP contribution in [0.15, 0.2) is 35.6 Å². The van der Waals surface area contributed by atoms with Gasteiger partial charge in [0.15, 0.2) is 5.16 Å². The van der Waals surface area contributed by atoms with Gasteiger partial charge in [0, 0.05) is 30.2 Å². The summed E-state index contributed by atoms with van der Waals surface area (Å²) in [5.74, 6) is 1.82. The largest absolute Gasteiger partial charge is 0.497 e. The molecule has 7 heteroatoms. The molecule has 128 valence electrons. The summed E-state index contributed by atoms with van der Waals surface area (Å²) < 4.78 is 7.35. The first-order valence-corrected chi connectivity index (χ1v) is 9.05. The molecule has 1 aromatic carbocycles. The zero-order valence-electron chi connectivity index (χ0n) is 13.9. The van der Waals surface area contributed by atoms with E-state index in [1.54, 1.807) is 18.9 Å². The highest BCUT2D eigenvalue weighted by Gasteiger charge is 2.18. The third-order valence-corrected chi connectivity index (χ3v) is 4.90. The Balaban J connectivity index is 1.56. The lowest BCUT2D eigenvalue weighted by molar-refractivity contribution is -0.122. The van der Waals surface area contributed by atoms with Crippen LogP contribution in [0.2, 0.25) is 0 Å². The third kappa shape index (κ3) is 3.84. The number of carbonyl (C=O) groups is 1. The first-order valence-electron chi connectivity index (χ1n) is 8.06. The van der Waals surface area contributed by atoms with Crippen LogP contribution in [0.4, 0.5) is 5.69 Å². The SMILES string of the molecule is CC[C@@H](Nc1cccc(OC)c1)C(=O)NCc1cn2c(n1)SCC2. The van der Waals surface area contributed by atoms with E-state index < -0.39 is 0 Å². The molecule has 0 spiro atoms. The second kappa shape index (κ2) is 7.61. The Labute approximate surface area is 146 Å². The molecule has 1 amide bonds. The van der Waals surface area contributed by atoms with Crippen LogP contribution in [-0.4, -0.2) is 34.4 Å². The average Bonchev–Trinajstić information content (AvgIpc) is 3.19. The topological polar surface area (TPSA) is 68.2 Å². The molecule has 0 radical (unpaired) electrons. The Morgan fingerprint density at radius 3 is 3.12 bits per heavy atom. The molecule has 3 rings (SSSR count). The molecule has 1 aromatic heterocycles. The molecule has 0 fully saturated rings. The van der Waals surface area contributed by atoms with Crippen LogP contribution in [0, 0.1) is 0 Å². The maximum atomic E-state index is 12.4. The number of hydrogen-bond acceptors (Lipinski definition) is 5. The van der Waals surface area contributed by atoms with Crippen LogP contribution in [0.25, 0.3) is 0 Å². The first-order chi connectivity index (χ1) is 11.7. The summed E-state index contributed by atoms with van der Waals surface area (Å²) in [5, 5.41) is 7.27. The second-order valence-electron chi connectivity index (χ2n) is 5.61. The number of nitrogens with one attached hydrogen (secondary N) is 2. The second-order valence-corrected chi connectivity index (χ2v) is 6.67. The van der Waals surface area contributed by atoms with Gasteiger partial charge in [-0.05, 0) is 18.6 Å². The van der Waals surface area contributed by atoms with Crippen molar-refractivity contribution >= 4 is 23.4 Å². The number of carbonyl (C=O) groups excluding carboxylic acids is 1. The molecule has 2 N–H and O–H groups in total. The minimum atomic E-state index is -0.291. The summed E-state index contributed by atoms with van der Waals surface area (Å²) >= 11 is 1.75. The van der Waals surface area contributed by atoms with Crippen molar-refractivity contribution in [1.82, 2.24) is 14.9 Å². The van der Waals surface area contributed by atoms with Gasteiger partial charge in [-0.3, -0.25) is 4.79 Å². The van der Waals surface area contributed by atoms with E-state index >= 15 is 0 Å². The molecule has 0 bridgehead atoms. The van der Waals surface area contributed by atoms with Gasteiger partial charge in [0.2, 0.25) is 5.91 Å². The lowest BCUT2D eigenvalue weighted by Crippen LogP contribution is -2.39. The summed E-state index contributed by atoms with van der Waals surface area (Å²) in [4.78, 5) is 17.0. The number of hydrogen-bond donors (Lipinski definition) is 2. The number of imidazole rings is 1. The van der Waals surface area contributed by atoms with E-state index in [4.69, 9.17) is 4.74 Å². The van der Waals surface area contributed by atoms with Crippen molar-refractivity contribution in [2.24, 2.45) is 0 Å². The monoisotopic (exact) mass is 346 g/mol. The molecule has 24 heavy (non-hydrogen) atoms. The van der Waals surface area contributed by atoms with Gasteiger partial charge in [-0.2, -0.15) is 0 Å². The predicted octanol–water partition coefficient (Wildman–Crippen LogP) is 2.50. The molecular weight excluding hydrogens is 324 g/mol. The van der Waals surface area contributed by atoms with Gasteiger partial charge >= 0.3 is 0 Å². The smallest absolute Gasteiger partial charge is 0.242 e. The summed E-state index contributed by atoms with van der Waals surface area (Å²) in [6, 6.07) is 7.29. The zero-order valence-corrected chi connectivity index (χ0v) is 14.7. The van der Waals surface area contributed by atoms with E-state index in [-0.39, 0.29) is 11.9 Å². The fourth-order valence-electron chi connectivity index (χ4n) is 2.61. The quantitative estimate of drug-likeness (QED) is 0.806. The molecule has 2 aromatic rings. The predicted molar refractivity (Wildman–Crippen MR) is 95.5 cm³/mol. The lowest BCUT2D eigenvalue weighted by Gasteiger charge is -2.18. The van der Waals surface area contributed by atoms with Gasteiger partial charge in [0.1, 0.15) is 11.8 Å². The number of methoxy groups -OCH3 is 1. The van der Waals surface area contributed by atoms with Gasteiger partial charge in [-0.1, -0.05) is 24.8 Å². The van der Waals surface area contributed by atoms with Crippen molar-refractivity contribution in [2.75, 3.05) is 18.2 Å². The number of fused-ring (bicyclic) bond motifs is 1. The summed E-state index contributed by atoms with van der Waals surface area (Å²) in [6.45, 7) is 3.44. The Hall–Kier alpha value is -2.15. The van der Waals surface area contributed by atoms with E-state index in [0.29, 0.717) is 13.0 Å². The van der Waals surface area contributed by atoms with E-state index in [0.717, 1.165) is 34.6 Å². The molecule has 1 atom stereocenters. The van der Waals surface area contributed by atoms with E-state index in [9.17, 15) is 4.79 Å². The number of anilines is 1. The van der Waals surface area contributed by atoms with Crippen molar-refractivity contribution in [3.63, 3.8) is 0 Å². The van der Waals surface area contributed by atoms with Crippen molar-refractivity contribution in [1.29, 1.82) is 0 Å². The van der Waals surface area contributed by atoms with Crippen LogP contribution in [0.3, 0.4) is 0 Å². The highest BCUT2D eigenvalue weighted by molar-refractivity contribution is 7.99. The van der Waals surface area contributed by atoms with Crippen LogP contribution < -0.4 is 15.4 Å². The standard InChI is InChI=1S/C17H22N4O2S/c1-3-15(19-12-5-4-6-14(9-12)23-2)16(22)18-10-13-11-21-7-8-24-17(21)20-13/h4-6,9,11,15,19H,3,7-8,10H2,1-2H3,(H,18,22)/t15-/m1/s1. The number of aromatic nitrogens is 2. The number of thioether (sulfide) groups is 1. The molecule has 2 heterocycles. The number of amides is 1. The average molecular weight is 346 g/mol. The third-order valence-electron chi connectivity index (χ3n) is 3.93. The number of rotatable bonds is 7. The molecular formula is C17H22N4O2S. The highest BCUT2D eigenvalue weighted by Crippen LogP contribution is 2.24. The normalized spacial score (nSPS) is 14.1. The first kappa shape index (κ1) is 16.7. The minimum Gasteiger partial charge on any atom is -0.497 e. The summed E-state index contributed by atoms with van der Waals surface area (Å²) in [6.07, 6.45) is 2.71. The molecule has 1 aliphatic heterocycles. The highest BCUT2D eigenvalue weighted by atomic mass is 32.2. The Morgan fingerprint density at radius 1 is 1.50 bits per heavy atom. The Bertz CT molecular complexity index is 695. The minimum absolute atomic E-state index is 0.0267. The van der Waals surface area contributed by atoms with Crippen LogP contribution in [0.5, 0.6) is 5.75 Å². The molecule has 0 aliphatic carbocycles. The van der Waals surface area contributed by atoms with E-state index in [1.165, 1.54) is 0 Å². The van der Waals surface area contributed by atoms with E-state index in [2.05, 4.69) is 20.2 Å². The van der Waals surface area contributed by atoms with Crippen molar-refractivity contribution in [3.05, 3.63) is 36.2 Å². The van der Waals surface area contributed by atoms with Gasteiger partial charge in [0.05, 0.1) is 19.3 Å². The molecule has 0 unspecified atom stereocenters. The molecule has 0 saturated carbocycles. The maximum absolute atomic E-state index is 12.4. The number of aryl methyl sites for hydroxylation is 1. The van der Waals surface area contributed by atoms with Gasteiger partial charge in [0.25, 0.3) is 0 Å². The fourth-order valence-corrected chi connectivity index (χ4v) is 3.58. The Morgan fingerprint density at radius 2 is 2.38 bits per heavy atom. The van der Waals surface area contributed by atoms with Crippen molar-refractivity contribution < 1.29 is 9.53 Å². The number of ether oxygens (including phenoxy) is 1. The molecule has 1 aliphatic rings. The fraction of sp³-hybridized carbons (Fsp3) is 0.412.